The average Bonchev–Trinajstić information content (AvgIpc) is 2.90. The fourth-order valence-electron chi connectivity index (χ4n) is 3.30. The van der Waals surface area contributed by atoms with Gasteiger partial charge in [0, 0.05) is 6.92 Å². The van der Waals surface area contributed by atoms with Crippen LogP contribution in [0.3, 0.4) is 0 Å². The third-order valence-electron chi connectivity index (χ3n) is 5.99. The lowest BCUT2D eigenvalue weighted by Crippen LogP contribution is -2.65. The Morgan fingerprint density at radius 2 is 1.80 bits per heavy atom. The zero-order valence-electron chi connectivity index (χ0n) is 19.6. The highest BCUT2D eigenvalue weighted by atomic mass is 32.2. The molecule has 2 aliphatic heterocycles. The minimum Gasteiger partial charge on any atom is -0.461 e. The molecule has 9 heteroatoms. The molecule has 0 bridgehead atoms. The topological polar surface area (TPSA) is 85.3 Å². The zero-order valence-corrected chi connectivity index (χ0v) is 21.5. The van der Waals surface area contributed by atoms with Crippen molar-refractivity contribution in [1.82, 2.24) is 4.90 Å². The molecular weight excluding hydrogens is 422 g/mol. The lowest BCUT2D eigenvalue weighted by Gasteiger charge is -2.53. The van der Waals surface area contributed by atoms with Crippen LogP contribution in [-0.2, 0) is 23.5 Å². The van der Waals surface area contributed by atoms with E-state index >= 15 is 0 Å². The Labute approximate surface area is 185 Å². The Morgan fingerprint density at radius 3 is 2.30 bits per heavy atom. The van der Waals surface area contributed by atoms with Crippen LogP contribution in [0.25, 0.3) is 0 Å². The van der Waals surface area contributed by atoms with Gasteiger partial charge in [-0.1, -0.05) is 46.4 Å². The average molecular weight is 460 g/mol. The summed E-state index contributed by atoms with van der Waals surface area (Å²) in [5, 5.41) is 10.9. The molecule has 2 rings (SSSR count). The van der Waals surface area contributed by atoms with Crippen LogP contribution in [-0.4, -0.2) is 61.2 Å². The summed E-state index contributed by atoms with van der Waals surface area (Å²) in [7, 11) is -2.01. The number of hydrogen-bond donors (Lipinski definition) is 1. The van der Waals surface area contributed by atoms with E-state index in [4.69, 9.17) is 13.9 Å². The Balaban J connectivity index is 2.19. The Hall–Kier alpha value is -1.03. The van der Waals surface area contributed by atoms with E-state index in [2.05, 4.69) is 33.9 Å². The van der Waals surface area contributed by atoms with Crippen molar-refractivity contribution in [2.45, 2.75) is 84.3 Å². The van der Waals surface area contributed by atoms with Gasteiger partial charge in [-0.3, -0.25) is 4.79 Å². The fraction of sp³-hybridized carbons (Fsp3) is 0.810. The minimum absolute atomic E-state index is 0.00394. The largest absolute Gasteiger partial charge is 0.461 e. The number of aliphatic hydroxyl groups excluding tert-OH is 1. The van der Waals surface area contributed by atoms with Crippen molar-refractivity contribution in [3.05, 3.63) is 10.6 Å². The number of aliphatic hydroxyl groups is 1. The molecule has 0 aromatic rings. The number of esters is 2. The van der Waals surface area contributed by atoms with Crippen molar-refractivity contribution >= 4 is 32.0 Å². The third-order valence-corrected chi connectivity index (χ3v) is 11.9. The molecule has 7 nitrogen and oxygen atoms in total. The molecule has 1 N–H and O–H groups in total. The molecule has 2 aliphatic rings. The number of carbonyl (C=O) groups excluding carboxylic acids is 2. The lowest BCUT2D eigenvalue weighted by atomic mass is 9.91. The van der Waals surface area contributed by atoms with E-state index in [1.807, 2.05) is 20.8 Å². The molecule has 30 heavy (non-hydrogen) atoms. The maximum atomic E-state index is 12.8. The van der Waals surface area contributed by atoms with Gasteiger partial charge < -0.3 is 23.9 Å². The standard InChI is InChI=1S/C21H37NO6SSi/c1-12(2)10-27-20(25)17-15(11-26-14(4)23)29-19-16(18(24)22(17)19)13(3)28-30(8,9)21(5,6)7/h12-13,16,18-19,24H,10-11H2,1-9H3/t13-,16+,18?,19?/m1/s1. The Bertz CT molecular complexity index is 702. The van der Waals surface area contributed by atoms with E-state index in [1.54, 1.807) is 4.90 Å². The second-order valence-electron chi connectivity index (χ2n) is 10.0. The molecule has 4 atom stereocenters. The second kappa shape index (κ2) is 9.22. The summed E-state index contributed by atoms with van der Waals surface area (Å²) in [6.07, 6.45) is -1.02. The van der Waals surface area contributed by atoms with Crippen LogP contribution >= 0.6 is 11.8 Å². The first-order chi connectivity index (χ1) is 13.7. The number of rotatable bonds is 8. The van der Waals surface area contributed by atoms with Crippen molar-refractivity contribution in [2.75, 3.05) is 13.2 Å². The molecule has 1 saturated heterocycles. The van der Waals surface area contributed by atoms with Gasteiger partial charge in [-0.25, -0.2) is 4.79 Å². The molecule has 2 unspecified atom stereocenters. The number of ether oxygens (including phenoxy) is 2. The van der Waals surface area contributed by atoms with Crippen LogP contribution in [0.1, 0.15) is 48.5 Å². The van der Waals surface area contributed by atoms with E-state index < -0.39 is 26.5 Å². The summed E-state index contributed by atoms with van der Waals surface area (Å²) < 4.78 is 17.1. The quantitative estimate of drug-likeness (QED) is 0.434. The molecule has 0 amide bonds. The SMILES string of the molecule is CC(=O)OCC1=C(C(=O)OCC(C)C)N2C(O)[C@H]([C@@H](C)O[Si](C)(C)C(C)(C)C)C2S1. The van der Waals surface area contributed by atoms with Gasteiger partial charge in [0.1, 0.15) is 18.5 Å². The maximum Gasteiger partial charge on any atom is 0.355 e. The summed E-state index contributed by atoms with van der Waals surface area (Å²) in [4.78, 5) is 26.4. The number of carbonyl (C=O) groups is 2. The van der Waals surface area contributed by atoms with Crippen molar-refractivity contribution < 1.29 is 28.6 Å². The molecule has 1 fully saturated rings. The smallest absolute Gasteiger partial charge is 0.355 e. The summed E-state index contributed by atoms with van der Waals surface area (Å²) in [6, 6.07) is 0. The van der Waals surface area contributed by atoms with Crippen molar-refractivity contribution in [3.8, 4) is 0 Å². The van der Waals surface area contributed by atoms with Crippen molar-refractivity contribution in [2.24, 2.45) is 11.8 Å². The second-order valence-corrected chi connectivity index (χ2v) is 16.0. The van der Waals surface area contributed by atoms with Crippen LogP contribution in [0, 0.1) is 11.8 Å². The highest BCUT2D eigenvalue weighted by Crippen LogP contribution is 2.53. The highest BCUT2D eigenvalue weighted by Gasteiger charge is 2.58. The first kappa shape index (κ1) is 25.2. The lowest BCUT2D eigenvalue weighted by molar-refractivity contribution is -0.168. The van der Waals surface area contributed by atoms with E-state index in [9.17, 15) is 14.7 Å². The molecule has 0 saturated carbocycles. The Morgan fingerprint density at radius 1 is 1.20 bits per heavy atom. The third kappa shape index (κ3) is 5.23. The molecule has 0 aromatic carbocycles. The van der Waals surface area contributed by atoms with E-state index in [0.717, 1.165) is 0 Å². The van der Waals surface area contributed by atoms with Crippen molar-refractivity contribution in [1.29, 1.82) is 0 Å². The monoisotopic (exact) mass is 459 g/mol. The Kier molecular flexibility index (Phi) is 7.75. The predicted molar refractivity (Wildman–Crippen MR) is 120 cm³/mol. The highest BCUT2D eigenvalue weighted by molar-refractivity contribution is 8.04. The number of hydrogen-bond acceptors (Lipinski definition) is 8. The normalized spacial score (nSPS) is 25.2. The van der Waals surface area contributed by atoms with Crippen LogP contribution in [0.2, 0.25) is 18.1 Å². The number of thioether (sulfide) groups is 1. The van der Waals surface area contributed by atoms with E-state index in [-0.39, 0.29) is 41.6 Å². The van der Waals surface area contributed by atoms with Gasteiger partial charge in [0.25, 0.3) is 0 Å². The molecule has 2 heterocycles. The predicted octanol–water partition coefficient (Wildman–Crippen LogP) is 3.69. The van der Waals surface area contributed by atoms with Gasteiger partial charge in [-0.15, -0.1) is 0 Å². The summed E-state index contributed by atoms with van der Waals surface area (Å²) in [5.74, 6) is -0.870. The van der Waals surface area contributed by atoms with Crippen LogP contribution in [0.4, 0.5) is 0 Å². The van der Waals surface area contributed by atoms with Gasteiger partial charge in [0.2, 0.25) is 0 Å². The molecular formula is C21H37NO6SSi. The molecule has 0 spiro atoms. The van der Waals surface area contributed by atoms with Gasteiger partial charge in [0.05, 0.1) is 28.9 Å². The molecule has 0 aromatic heterocycles. The van der Waals surface area contributed by atoms with Gasteiger partial charge in [0.15, 0.2) is 8.32 Å². The first-order valence-corrected chi connectivity index (χ1v) is 14.3. The zero-order chi connectivity index (χ0) is 23.0. The molecule has 0 aliphatic carbocycles. The maximum absolute atomic E-state index is 12.8. The van der Waals surface area contributed by atoms with Gasteiger partial charge >= 0.3 is 11.9 Å². The van der Waals surface area contributed by atoms with Gasteiger partial charge in [-0.05, 0) is 31.0 Å². The summed E-state index contributed by atoms with van der Waals surface area (Å²) in [5.41, 5.74) is 0.301. The van der Waals surface area contributed by atoms with Crippen LogP contribution in [0.5, 0.6) is 0 Å². The number of nitrogens with zero attached hydrogens (tertiary/aromatic N) is 1. The first-order valence-electron chi connectivity index (χ1n) is 10.5. The van der Waals surface area contributed by atoms with Gasteiger partial charge in [-0.2, -0.15) is 0 Å². The number of fused-ring (bicyclic) bond motifs is 1. The molecule has 0 radical (unpaired) electrons. The van der Waals surface area contributed by atoms with Crippen LogP contribution < -0.4 is 0 Å². The van der Waals surface area contributed by atoms with E-state index in [0.29, 0.717) is 10.6 Å². The minimum atomic E-state index is -2.01. The van der Waals surface area contributed by atoms with Crippen LogP contribution in [0.15, 0.2) is 10.6 Å². The molecule has 172 valence electrons. The summed E-state index contributed by atoms with van der Waals surface area (Å²) in [6.45, 7) is 18.5. The fourth-order valence-corrected chi connectivity index (χ4v) is 6.32. The van der Waals surface area contributed by atoms with E-state index in [1.165, 1.54) is 18.7 Å². The van der Waals surface area contributed by atoms with Crippen molar-refractivity contribution in [3.63, 3.8) is 0 Å². The summed E-state index contributed by atoms with van der Waals surface area (Å²) >= 11 is 1.45.